The molecule has 4 N–H and O–H groups in total. The average molecular weight is 181 g/mol. The van der Waals surface area contributed by atoms with Gasteiger partial charge in [0.1, 0.15) is 0 Å². The maximum absolute atomic E-state index is 11.5. The molecule has 13 heavy (non-hydrogen) atoms. The van der Waals surface area contributed by atoms with Crippen LogP contribution >= 0.6 is 0 Å². The first-order chi connectivity index (χ1) is 6.27. The monoisotopic (exact) mass is 181 g/mol. The lowest BCUT2D eigenvalue weighted by Crippen LogP contribution is -2.28. The molecule has 4 nitrogen and oxygen atoms in total. The van der Waals surface area contributed by atoms with Crippen molar-refractivity contribution in [2.75, 3.05) is 11.9 Å². The molecule has 0 spiro atoms. The number of hydrogen-bond donors (Lipinski definition) is 3. The minimum atomic E-state index is -0.0881. The molecule has 0 radical (unpaired) electrons. The Morgan fingerprint density at radius 3 is 3.00 bits per heavy atom. The van der Waals surface area contributed by atoms with E-state index in [1.165, 1.54) is 0 Å². The molecule has 4 heteroatoms. The van der Waals surface area contributed by atoms with Crippen LogP contribution in [0.5, 0.6) is 0 Å². The lowest BCUT2D eigenvalue weighted by molar-refractivity contribution is -0.119. The first-order valence-electron chi connectivity index (χ1n) is 4.41. The largest absolute Gasteiger partial charge is 0.366 e. The first-order valence-corrected chi connectivity index (χ1v) is 4.41. The van der Waals surface area contributed by atoms with Gasteiger partial charge in [-0.25, -0.2) is 0 Å². The van der Waals surface area contributed by atoms with E-state index in [4.69, 9.17) is 5.73 Å². The smallest absolute Gasteiger partial charge is 0.228 e. The van der Waals surface area contributed by atoms with E-state index in [0.717, 1.165) is 12.1 Å². The van der Waals surface area contributed by atoms with Crippen molar-refractivity contribution in [3.8, 4) is 0 Å². The van der Waals surface area contributed by atoms with Crippen LogP contribution in [0.15, 0.2) is 18.5 Å². The molecular formula is C9H15N3O. The Morgan fingerprint density at radius 1 is 1.77 bits per heavy atom. The summed E-state index contributed by atoms with van der Waals surface area (Å²) in [5.41, 5.74) is 6.23. The third-order valence-electron chi connectivity index (χ3n) is 2.01. The van der Waals surface area contributed by atoms with E-state index >= 15 is 0 Å². The Hall–Kier alpha value is -1.29. The maximum Gasteiger partial charge on any atom is 0.228 e. The summed E-state index contributed by atoms with van der Waals surface area (Å²) in [4.78, 5) is 14.3. The summed E-state index contributed by atoms with van der Waals surface area (Å²) in [6.07, 6.45) is 4.27. The number of hydrogen-bond acceptors (Lipinski definition) is 2. The van der Waals surface area contributed by atoms with Crippen molar-refractivity contribution in [2.24, 2.45) is 11.7 Å². The summed E-state index contributed by atoms with van der Waals surface area (Å²) in [5, 5.41) is 2.77. The van der Waals surface area contributed by atoms with E-state index < -0.39 is 0 Å². The molecule has 1 aromatic rings. The summed E-state index contributed by atoms with van der Waals surface area (Å²) < 4.78 is 0. The molecule has 0 aliphatic carbocycles. The zero-order chi connectivity index (χ0) is 9.68. The van der Waals surface area contributed by atoms with E-state index in [2.05, 4.69) is 10.3 Å². The molecule has 0 aliphatic rings. The summed E-state index contributed by atoms with van der Waals surface area (Å²) in [7, 11) is 0. The number of aromatic amines is 1. The lowest BCUT2D eigenvalue weighted by atomic mass is 10.1. The van der Waals surface area contributed by atoms with Crippen LogP contribution in [0.1, 0.15) is 13.3 Å². The van der Waals surface area contributed by atoms with Gasteiger partial charge in [0.25, 0.3) is 0 Å². The average Bonchev–Trinajstić information content (AvgIpc) is 2.59. The molecule has 0 aromatic carbocycles. The second kappa shape index (κ2) is 4.67. The summed E-state index contributed by atoms with van der Waals surface area (Å²) in [5.74, 6) is -0.0977. The number of carbonyl (C=O) groups excluding carboxylic acids is 1. The van der Waals surface area contributed by atoms with Crippen LogP contribution in [-0.2, 0) is 4.79 Å². The highest BCUT2D eigenvalue weighted by Gasteiger charge is 2.13. The number of rotatable bonds is 4. The zero-order valence-electron chi connectivity index (χ0n) is 7.71. The standard InChI is InChI=1S/C9H15N3O/c1-2-7(5-10)9(13)12-8-3-4-11-6-8/h3-4,6-7,11H,2,5,10H2,1H3,(H,12,13). The highest BCUT2D eigenvalue weighted by molar-refractivity contribution is 5.92. The molecule has 1 atom stereocenters. The van der Waals surface area contributed by atoms with Gasteiger partial charge >= 0.3 is 0 Å². The summed E-state index contributed by atoms with van der Waals surface area (Å²) >= 11 is 0. The van der Waals surface area contributed by atoms with Gasteiger partial charge in [0, 0.05) is 18.9 Å². The topological polar surface area (TPSA) is 70.9 Å². The Balaban J connectivity index is 2.49. The fourth-order valence-corrected chi connectivity index (χ4v) is 1.11. The van der Waals surface area contributed by atoms with Crippen LogP contribution < -0.4 is 11.1 Å². The Kier molecular flexibility index (Phi) is 3.52. The van der Waals surface area contributed by atoms with E-state index in [0.29, 0.717) is 6.54 Å². The zero-order valence-corrected chi connectivity index (χ0v) is 7.71. The molecule has 0 saturated carbocycles. The van der Waals surface area contributed by atoms with Crippen LogP contribution in [0.3, 0.4) is 0 Å². The fourth-order valence-electron chi connectivity index (χ4n) is 1.11. The van der Waals surface area contributed by atoms with Crippen LogP contribution in [0, 0.1) is 5.92 Å². The first kappa shape index (κ1) is 9.80. The number of nitrogens with one attached hydrogen (secondary N) is 2. The van der Waals surface area contributed by atoms with Crippen molar-refractivity contribution in [2.45, 2.75) is 13.3 Å². The molecule has 0 saturated heterocycles. The minimum Gasteiger partial charge on any atom is -0.366 e. The van der Waals surface area contributed by atoms with E-state index in [1.54, 1.807) is 18.5 Å². The van der Waals surface area contributed by atoms with Crippen LogP contribution in [-0.4, -0.2) is 17.4 Å². The van der Waals surface area contributed by atoms with E-state index in [1.807, 2.05) is 6.92 Å². The van der Waals surface area contributed by atoms with E-state index in [9.17, 15) is 4.79 Å². The number of carbonyl (C=O) groups is 1. The molecular weight excluding hydrogens is 166 g/mol. The van der Waals surface area contributed by atoms with Crippen molar-refractivity contribution in [3.63, 3.8) is 0 Å². The van der Waals surface area contributed by atoms with E-state index in [-0.39, 0.29) is 11.8 Å². The molecule has 1 heterocycles. The van der Waals surface area contributed by atoms with Gasteiger partial charge in [0.05, 0.1) is 11.6 Å². The van der Waals surface area contributed by atoms with Crippen LogP contribution in [0.4, 0.5) is 5.69 Å². The van der Waals surface area contributed by atoms with Gasteiger partial charge in [-0.15, -0.1) is 0 Å². The van der Waals surface area contributed by atoms with Crippen molar-refractivity contribution in [1.29, 1.82) is 0 Å². The molecule has 1 rings (SSSR count). The lowest BCUT2D eigenvalue weighted by Gasteiger charge is -2.10. The van der Waals surface area contributed by atoms with Crippen LogP contribution in [0.25, 0.3) is 0 Å². The molecule has 0 fully saturated rings. The second-order valence-corrected chi connectivity index (χ2v) is 2.93. The van der Waals surface area contributed by atoms with Crippen molar-refractivity contribution >= 4 is 11.6 Å². The number of aromatic nitrogens is 1. The van der Waals surface area contributed by atoms with Gasteiger partial charge in [-0.3, -0.25) is 4.79 Å². The van der Waals surface area contributed by atoms with Crippen molar-refractivity contribution < 1.29 is 4.79 Å². The van der Waals surface area contributed by atoms with Gasteiger partial charge in [-0.1, -0.05) is 6.92 Å². The summed E-state index contributed by atoms with van der Waals surface area (Å²) in [6.45, 7) is 2.35. The van der Waals surface area contributed by atoms with Gasteiger partial charge in [0.2, 0.25) is 5.91 Å². The van der Waals surface area contributed by atoms with Gasteiger partial charge in [-0.05, 0) is 12.5 Å². The molecule has 0 bridgehead atoms. The van der Waals surface area contributed by atoms with Gasteiger partial charge < -0.3 is 16.0 Å². The third-order valence-corrected chi connectivity index (χ3v) is 2.01. The predicted octanol–water partition coefficient (Wildman–Crippen LogP) is 0.938. The number of H-pyrrole nitrogens is 1. The fraction of sp³-hybridized carbons (Fsp3) is 0.444. The minimum absolute atomic E-state index is 0.00963. The van der Waals surface area contributed by atoms with Crippen molar-refractivity contribution in [1.82, 2.24) is 4.98 Å². The molecule has 1 unspecified atom stereocenters. The normalized spacial score (nSPS) is 12.5. The number of amides is 1. The molecule has 1 aromatic heterocycles. The highest BCUT2D eigenvalue weighted by Crippen LogP contribution is 2.08. The Labute approximate surface area is 77.5 Å². The summed E-state index contributed by atoms with van der Waals surface area (Å²) in [6, 6.07) is 1.81. The highest BCUT2D eigenvalue weighted by atomic mass is 16.1. The molecule has 72 valence electrons. The van der Waals surface area contributed by atoms with Crippen LogP contribution in [0.2, 0.25) is 0 Å². The molecule has 0 aliphatic heterocycles. The Morgan fingerprint density at radius 2 is 2.54 bits per heavy atom. The Bertz CT molecular complexity index is 252. The second-order valence-electron chi connectivity index (χ2n) is 2.93. The maximum atomic E-state index is 11.5. The quantitative estimate of drug-likeness (QED) is 0.646. The number of nitrogens with two attached hydrogens (primary N) is 1. The van der Waals surface area contributed by atoms with Gasteiger partial charge in [0.15, 0.2) is 0 Å². The molecule has 1 amide bonds. The predicted molar refractivity (Wildman–Crippen MR) is 52.3 cm³/mol. The third kappa shape index (κ3) is 2.59. The SMILES string of the molecule is CCC(CN)C(=O)Nc1cc[nH]c1. The number of anilines is 1. The van der Waals surface area contributed by atoms with Gasteiger partial charge in [-0.2, -0.15) is 0 Å². The van der Waals surface area contributed by atoms with Crippen molar-refractivity contribution in [3.05, 3.63) is 18.5 Å².